The molecule has 0 amide bonds. The molecule has 0 aliphatic heterocycles. The predicted octanol–water partition coefficient (Wildman–Crippen LogP) is 3.19. The lowest BCUT2D eigenvalue weighted by Crippen LogP contribution is -2.16. The molecule has 0 aliphatic rings. The Morgan fingerprint density at radius 1 is 1.21 bits per heavy atom. The molecular weight excluding hydrogens is 264 g/mol. The van der Waals surface area contributed by atoms with Crippen molar-refractivity contribution >= 4 is 17.5 Å². The van der Waals surface area contributed by atoms with E-state index in [1.165, 1.54) is 19.3 Å². The van der Waals surface area contributed by atoms with E-state index in [9.17, 15) is 0 Å². The van der Waals surface area contributed by atoms with Gasteiger partial charge in [0.2, 0.25) is 11.2 Å². The highest BCUT2D eigenvalue weighted by molar-refractivity contribution is 6.28. The normalized spacial score (nSPS) is 12.3. The molecule has 0 fully saturated rings. The van der Waals surface area contributed by atoms with Crippen LogP contribution in [0.15, 0.2) is 0 Å². The number of hydrogen-bond acceptors (Lipinski definition) is 5. The van der Waals surface area contributed by atoms with Gasteiger partial charge in [0.1, 0.15) is 0 Å². The van der Waals surface area contributed by atoms with Gasteiger partial charge in [-0.1, -0.05) is 33.1 Å². The Labute approximate surface area is 120 Å². The summed E-state index contributed by atoms with van der Waals surface area (Å²) in [6.07, 6.45) is 4.70. The van der Waals surface area contributed by atoms with Gasteiger partial charge in [0.15, 0.2) is 0 Å². The van der Waals surface area contributed by atoms with Gasteiger partial charge in [0, 0.05) is 14.1 Å². The van der Waals surface area contributed by atoms with Gasteiger partial charge < -0.3 is 9.64 Å². The summed E-state index contributed by atoms with van der Waals surface area (Å²) in [7, 11) is 3.71. The standard InChI is InChI=1S/C13H23ClN4O/c1-5-7-8-10(6-2)9-19-13-16-11(14)15-12(17-13)18(3)4/h10H,5-9H2,1-4H3. The van der Waals surface area contributed by atoms with Crippen molar-refractivity contribution in [2.45, 2.75) is 39.5 Å². The molecule has 0 saturated carbocycles. The minimum absolute atomic E-state index is 0.162. The minimum Gasteiger partial charge on any atom is -0.463 e. The van der Waals surface area contributed by atoms with Gasteiger partial charge in [-0.05, 0) is 23.9 Å². The molecule has 0 radical (unpaired) electrons. The van der Waals surface area contributed by atoms with E-state index >= 15 is 0 Å². The van der Waals surface area contributed by atoms with Gasteiger partial charge in [-0.25, -0.2) is 0 Å². The molecule has 0 spiro atoms. The van der Waals surface area contributed by atoms with Crippen LogP contribution in [0.3, 0.4) is 0 Å². The number of halogens is 1. The van der Waals surface area contributed by atoms with Crippen LogP contribution in [0.1, 0.15) is 39.5 Å². The molecule has 1 heterocycles. The molecule has 5 nitrogen and oxygen atoms in total. The number of unbranched alkanes of at least 4 members (excludes halogenated alkanes) is 1. The summed E-state index contributed by atoms with van der Waals surface area (Å²) < 4.78 is 5.65. The molecular formula is C13H23ClN4O. The van der Waals surface area contributed by atoms with E-state index in [0.29, 0.717) is 24.5 Å². The molecule has 1 atom stereocenters. The number of rotatable bonds is 8. The zero-order valence-electron chi connectivity index (χ0n) is 12.2. The fourth-order valence-corrected chi connectivity index (χ4v) is 1.82. The van der Waals surface area contributed by atoms with Gasteiger partial charge >= 0.3 is 6.01 Å². The van der Waals surface area contributed by atoms with E-state index in [4.69, 9.17) is 16.3 Å². The number of anilines is 1. The molecule has 0 N–H and O–H groups in total. The first-order valence-electron chi connectivity index (χ1n) is 6.78. The fraction of sp³-hybridized carbons (Fsp3) is 0.769. The SMILES string of the molecule is CCCCC(CC)COc1nc(Cl)nc(N(C)C)n1. The maximum absolute atomic E-state index is 5.86. The van der Waals surface area contributed by atoms with E-state index in [1.54, 1.807) is 4.90 Å². The predicted molar refractivity (Wildman–Crippen MR) is 78.0 cm³/mol. The number of aromatic nitrogens is 3. The zero-order chi connectivity index (χ0) is 14.3. The van der Waals surface area contributed by atoms with Gasteiger partial charge in [0.25, 0.3) is 0 Å². The molecule has 0 aromatic carbocycles. The zero-order valence-corrected chi connectivity index (χ0v) is 12.9. The summed E-state index contributed by atoms with van der Waals surface area (Å²) in [4.78, 5) is 14.0. The lowest BCUT2D eigenvalue weighted by atomic mass is 10.0. The Hall–Kier alpha value is -1.10. The van der Waals surface area contributed by atoms with Crippen LogP contribution in [0.5, 0.6) is 6.01 Å². The van der Waals surface area contributed by atoms with Crippen molar-refractivity contribution in [1.29, 1.82) is 0 Å². The second-order valence-corrected chi connectivity index (χ2v) is 5.15. The Kier molecular flexibility index (Phi) is 6.84. The summed E-state index contributed by atoms with van der Waals surface area (Å²) >= 11 is 5.86. The summed E-state index contributed by atoms with van der Waals surface area (Å²) in [6.45, 7) is 5.00. The van der Waals surface area contributed by atoms with Crippen molar-refractivity contribution in [3.8, 4) is 6.01 Å². The molecule has 108 valence electrons. The topological polar surface area (TPSA) is 51.1 Å². The lowest BCUT2D eigenvalue weighted by Gasteiger charge is -2.15. The highest BCUT2D eigenvalue weighted by Crippen LogP contribution is 2.17. The van der Waals surface area contributed by atoms with Crippen molar-refractivity contribution in [2.24, 2.45) is 5.92 Å². The second kappa shape index (κ2) is 8.15. The smallest absolute Gasteiger partial charge is 0.322 e. The first-order chi connectivity index (χ1) is 9.06. The molecule has 19 heavy (non-hydrogen) atoms. The first kappa shape index (κ1) is 16.0. The van der Waals surface area contributed by atoms with Crippen LogP contribution in [0.4, 0.5) is 5.95 Å². The summed E-state index contributed by atoms with van der Waals surface area (Å²) in [6, 6.07) is 0.304. The molecule has 0 saturated heterocycles. The molecule has 6 heteroatoms. The quantitative estimate of drug-likeness (QED) is 0.734. The van der Waals surface area contributed by atoms with Crippen LogP contribution >= 0.6 is 11.6 Å². The highest BCUT2D eigenvalue weighted by Gasteiger charge is 2.11. The van der Waals surface area contributed by atoms with Crippen LogP contribution in [0.2, 0.25) is 5.28 Å². The third-order valence-electron chi connectivity index (χ3n) is 2.97. The average molecular weight is 287 g/mol. The fourth-order valence-electron chi connectivity index (χ4n) is 1.68. The largest absolute Gasteiger partial charge is 0.463 e. The Morgan fingerprint density at radius 3 is 2.53 bits per heavy atom. The highest BCUT2D eigenvalue weighted by atomic mass is 35.5. The molecule has 1 rings (SSSR count). The van der Waals surface area contributed by atoms with E-state index in [0.717, 1.165) is 6.42 Å². The van der Waals surface area contributed by atoms with Crippen molar-refractivity contribution in [3.05, 3.63) is 5.28 Å². The van der Waals surface area contributed by atoms with Gasteiger partial charge in [0.05, 0.1) is 6.61 Å². The van der Waals surface area contributed by atoms with E-state index < -0.39 is 0 Å². The van der Waals surface area contributed by atoms with Crippen LogP contribution in [-0.2, 0) is 0 Å². The number of hydrogen-bond donors (Lipinski definition) is 0. The summed E-state index contributed by atoms with van der Waals surface area (Å²) in [5, 5.41) is 0.162. The summed E-state index contributed by atoms with van der Waals surface area (Å²) in [5.74, 6) is 1.05. The Balaban J connectivity index is 2.60. The first-order valence-corrected chi connectivity index (χ1v) is 7.16. The minimum atomic E-state index is 0.162. The molecule has 1 aromatic heterocycles. The van der Waals surface area contributed by atoms with E-state index in [1.807, 2.05) is 14.1 Å². The van der Waals surface area contributed by atoms with Crippen molar-refractivity contribution in [1.82, 2.24) is 15.0 Å². The van der Waals surface area contributed by atoms with Crippen LogP contribution < -0.4 is 9.64 Å². The number of ether oxygens (including phenoxy) is 1. The van der Waals surface area contributed by atoms with Gasteiger partial charge in [-0.3, -0.25) is 0 Å². The van der Waals surface area contributed by atoms with Crippen molar-refractivity contribution < 1.29 is 4.74 Å². The van der Waals surface area contributed by atoms with E-state index in [-0.39, 0.29) is 5.28 Å². The summed E-state index contributed by atoms with van der Waals surface area (Å²) in [5.41, 5.74) is 0. The maximum Gasteiger partial charge on any atom is 0.322 e. The monoisotopic (exact) mass is 286 g/mol. The third-order valence-corrected chi connectivity index (χ3v) is 3.14. The second-order valence-electron chi connectivity index (χ2n) is 4.81. The van der Waals surface area contributed by atoms with Crippen LogP contribution in [0.25, 0.3) is 0 Å². The van der Waals surface area contributed by atoms with Gasteiger partial charge in [-0.2, -0.15) is 15.0 Å². The molecule has 1 aromatic rings. The molecule has 0 aliphatic carbocycles. The third kappa shape index (κ3) is 5.59. The van der Waals surface area contributed by atoms with Crippen LogP contribution in [0, 0.1) is 5.92 Å². The number of nitrogens with zero attached hydrogens (tertiary/aromatic N) is 4. The Bertz CT molecular complexity index is 387. The molecule has 1 unspecified atom stereocenters. The average Bonchev–Trinajstić information content (AvgIpc) is 2.38. The maximum atomic E-state index is 5.86. The molecule has 0 bridgehead atoms. The van der Waals surface area contributed by atoms with Crippen LogP contribution in [-0.4, -0.2) is 35.7 Å². The Morgan fingerprint density at radius 2 is 1.95 bits per heavy atom. The van der Waals surface area contributed by atoms with Crippen molar-refractivity contribution in [3.63, 3.8) is 0 Å². The lowest BCUT2D eigenvalue weighted by molar-refractivity contribution is 0.217. The van der Waals surface area contributed by atoms with Crippen molar-refractivity contribution in [2.75, 3.05) is 25.6 Å². The van der Waals surface area contributed by atoms with Gasteiger partial charge in [-0.15, -0.1) is 0 Å². The van der Waals surface area contributed by atoms with E-state index in [2.05, 4.69) is 28.8 Å².